The van der Waals surface area contributed by atoms with Gasteiger partial charge in [0, 0.05) is 18.7 Å². The van der Waals surface area contributed by atoms with Crippen LogP contribution in [0.1, 0.15) is 44.7 Å². The largest absolute Gasteiger partial charge is 0.495 e. The molecule has 0 aliphatic rings. The molecule has 3 radical (unpaired) electrons. The predicted molar refractivity (Wildman–Crippen MR) is 147 cm³/mol. The van der Waals surface area contributed by atoms with Crippen molar-refractivity contribution in [1.29, 1.82) is 0 Å². The minimum absolute atomic E-state index is 0.0111. The molecule has 2 aromatic carbocycles. The van der Waals surface area contributed by atoms with Crippen molar-refractivity contribution in [3.05, 3.63) is 64.7 Å². The van der Waals surface area contributed by atoms with Crippen LogP contribution in [0.15, 0.2) is 48.5 Å². The highest BCUT2D eigenvalue weighted by Gasteiger charge is 2.38. The van der Waals surface area contributed by atoms with E-state index in [1.54, 1.807) is 25.1 Å². The Kier molecular flexibility index (Phi) is 11.8. The summed E-state index contributed by atoms with van der Waals surface area (Å²) < 4.78 is 5.26. The molecule has 0 heterocycles. The standard InChI is InChI=1S/C27H34ClN4O5Si/c1-5-21(22(33)24(34)29-16-19-12-9-13-20(28)23(19)37-4)31-25(35)27(38,14-17(2)3)32-26(36)30-15-18-10-7-6-8-11-18/h6-13,17,21H,5,14-16H2,1-4H3,(H,29,34)(H,31,35)(H2,30,32,36)/t21?,27-/m0/s1. The first-order valence-corrected chi connectivity index (χ1v) is 13.2. The maximum absolute atomic E-state index is 13.3. The SMILES string of the molecule is CCC(NC(=O)[C@@]([Si])(CC(C)C)NC(=O)NCc1ccccc1)C(=O)C(=O)NCc1cccc(Cl)c1OC. The summed E-state index contributed by atoms with van der Waals surface area (Å²) in [6.45, 7) is 5.74. The minimum atomic E-state index is -1.51. The van der Waals surface area contributed by atoms with E-state index >= 15 is 0 Å². The van der Waals surface area contributed by atoms with Crippen molar-refractivity contribution in [3.63, 3.8) is 0 Å². The summed E-state index contributed by atoms with van der Waals surface area (Å²) in [5, 5.41) is 9.44. The van der Waals surface area contributed by atoms with Gasteiger partial charge in [0.1, 0.15) is 10.9 Å². The van der Waals surface area contributed by atoms with E-state index in [9.17, 15) is 19.2 Å². The van der Waals surface area contributed by atoms with Gasteiger partial charge in [-0.1, -0.05) is 74.8 Å². The number of halogens is 1. The van der Waals surface area contributed by atoms with Crippen LogP contribution < -0.4 is 26.0 Å². The van der Waals surface area contributed by atoms with Gasteiger partial charge < -0.3 is 26.0 Å². The highest BCUT2D eigenvalue weighted by molar-refractivity contribution is 6.39. The molecule has 0 fully saturated rings. The Hall–Kier alpha value is -3.37. The molecule has 2 aromatic rings. The summed E-state index contributed by atoms with van der Waals surface area (Å²) in [5.74, 6) is -1.90. The first kappa shape index (κ1) is 30.8. The van der Waals surface area contributed by atoms with E-state index in [-0.39, 0.29) is 31.8 Å². The van der Waals surface area contributed by atoms with Gasteiger partial charge in [0.25, 0.3) is 5.91 Å². The summed E-state index contributed by atoms with van der Waals surface area (Å²) in [7, 11) is 4.91. The number of hydrogen-bond donors (Lipinski definition) is 4. The Bertz CT molecular complexity index is 1130. The van der Waals surface area contributed by atoms with E-state index < -0.39 is 34.8 Å². The number of para-hydroxylation sites is 1. The van der Waals surface area contributed by atoms with Gasteiger partial charge in [-0.05, 0) is 30.4 Å². The Labute approximate surface area is 231 Å². The normalized spacial score (nSPS) is 13.1. The first-order chi connectivity index (χ1) is 18.0. The second-order valence-electron chi connectivity index (χ2n) is 9.21. The van der Waals surface area contributed by atoms with Crippen LogP contribution in [0.25, 0.3) is 0 Å². The maximum atomic E-state index is 13.3. The quantitative estimate of drug-likeness (QED) is 0.223. The lowest BCUT2D eigenvalue weighted by atomic mass is 10.0. The lowest BCUT2D eigenvalue weighted by Crippen LogP contribution is -2.64. The molecule has 203 valence electrons. The number of nitrogens with one attached hydrogen (secondary N) is 4. The number of rotatable bonds is 13. The summed E-state index contributed by atoms with van der Waals surface area (Å²) in [6, 6.07) is 12.7. The zero-order valence-electron chi connectivity index (χ0n) is 22.0. The molecular weight excluding hydrogens is 524 g/mol. The predicted octanol–water partition coefficient (Wildman–Crippen LogP) is 2.84. The van der Waals surface area contributed by atoms with E-state index in [1.807, 2.05) is 44.2 Å². The molecule has 0 saturated heterocycles. The third-order valence-electron chi connectivity index (χ3n) is 5.67. The number of ketones is 1. The fraction of sp³-hybridized carbons (Fsp3) is 0.407. The van der Waals surface area contributed by atoms with Gasteiger partial charge in [-0.3, -0.25) is 14.4 Å². The third kappa shape index (κ3) is 8.88. The molecule has 9 nitrogen and oxygen atoms in total. The van der Waals surface area contributed by atoms with Crippen molar-refractivity contribution >= 4 is 45.5 Å². The highest BCUT2D eigenvalue weighted by Crippen LogP contribution is 2.28. The fourth-order valence-electron chi connectivity index (χ4n) is 3.81. The molecular formula is C27H34ClN4O5Si. The molecule has 0 spiro atoms. The van der Waals surface area contributed by atoms with Crippen LogP contribution in [0.3, 0.4) is 0 Å². The molecule has 2 atom stereocenters. The molecule has 4 N–H and O–H groups in total. The molecule has 0 saturated carbocycles. The molecule has 0 bridgehead atoms. The van der Waals surface area contributed by atoms with Gasteiger partial charge in [0.05, 0.1) is 28.4 Å². The van der Waals surface area contributed by atoms with Crippen molar-refractivity contribution in [2.75, 3.05) is 7.11 Å². The summed E-state index contributed by atoms with van der Waals surface area (Å²) >= 11 is 6.11. The molecule has 0 aliphatic heterocycles. The second-order valence-corrected chi connectivity index (χ2v) is 10.5. The highest BCUT2D eigenvalue weighted by atomic mass is 35.5. The lowest BCUT2D eigenvalue weighted by molar-refractivity contribution is -0.140. The number of hydrogen-bond acceptors (Lipinski definition) is 5. The number of urea groups is 1. The summed E-state index contributed by atoms with van der Waals surface area (Å²) in [6.07, 6.45) is 0.405. The van der Waals surface area contributed by atoms with Crippen molar-refractivity contribution in [2.45, 2.75) is 57.9 Å². The zero-order valence-corrected chi connectivity index (χ0v) is 23.8. The van der Waals surface area contributed by atoms with Crippen LogP contribution in [0.4, 0.5) is 4.79 Å². The fourth-order valence-corrected chi connectivity index (χ4v) is 4.67. The molecule has 0 aliphatic carbocycles. The Morgan fingerprint density at radius 3 is 2.29 bits per heavy atom. The summed E-state index contributed by atoms with van der Waals surface area (Å²) in [4.78, 5) is 51.4. The van der Waals surface area contributed by atoms with E-state index in [0.717, 1.165) is 5.56 Å². The number of carbonyl (C=O) groups excluding carboxylic acids is 4. The number of methoxy groups -OCH3 is 1. The Morgan fingerprint density at radius 2 is 1.68 bits per heavy atom. The molecule has 0 aromatic heterocycles. The van der Waals surface area contributed by atoms with Crippen molar-refractivity contribution < 1.29 is 23.9 Å². The van der Waals surface area contributed by atoms with Crippen LogP contribution in [-0.2, 0) is 27.5 Å². The van der Waals surface area contributed by atoms with Crippen LogP contribution in [0.5, 0.6) is 5.75 Å². The molecule has 2 rings (SSSR count). The number of amides is 4. The average molecular weight is 558 g/mol. The van der Waals surface area contributed by atoms with E-state index in [0.29, 0.717) is 16.3 Å². The number of benzene rings is 2. The van der Waals surface area contributed by atoms with E-state index in [4.69, 9.17) is 16.3 Å². The molecule has 4 amide bonds. The van der Waals surface area contributed by atoms with Gasteiger partial charge in [0.15, 0.2) is 0 Å². The van der Waals surface area contributed by atoms with Gasteiger partial charge in [-0.2, -0.15) is 0 Å². The molecule has 38 heavy (non-hydrogen) atoms. The van der Waals surface area contributed by atoms with Gasteiger partial charge >= 0.3 is 6.03 Å². The lowest BCUT2D eigenvalue weighted by Gasteiger charge is -2.32. The zero-order chi connectivity index (χ0) is 28.3. The van der Waals surface area contributed by atoms with Gasteiger partial charge in [-0.25, -0.2) is 4.79 Å². The van der Waals surface area contributed by atoms with Crippen molar-refractivity contribution in [3.8, 4) is 5.75 Å². The number of ether oxygens (including phenoxy) is 1. The van der Waals surface area contributed by atoms with Gasteiger partial charge in [-0.15, -0.1) is 0 Å². The summed E-state index contributed by atoms with van der Waals surface area (Å²) in [5.41, 5.74) is 1.49. The maximum Gasteiger partial charge on any atom is 0.315 e. The van der Waals surface area contributed by atoms with Crippen LogP contribution >= 0.6 is 11.6 Å². The van der Waals surface area contributed by atoms with E-state index in [1.165, 1.54) is 7.11 Å². The van der Waals surface area contributed by atoms with Crippen LogP contribution in [-0.4, -0.2) is 52.2 Å². The monoisotopic (exact) mass is 557 g/mol. The Balaban J connectivity index is 2.05. The topological polar surface area (TPSA) is 126 Å². The molecule has 1 unspecified atom stereocenters. The smallest absolute Gasteiger partial charge is 0.315 e. The first-order valence-electron chi connectivity index (χ1n) is 12.3. The average Bonchev–Trinajstić information content (AvgIpc) is 2.88. The van der Waals surface area contributed by atoms with Gasteiger partial charge in [0.2, 0.25) is 11.7 Å². The van der Waals surface area contributed by atoms with E-state index in [2.05, 4.69) is 31.5 Å². The van der Waals surface area contributed by atoms with Crippen LogP contribution in [0.2, 0.25) is 5.02 Å². The second kappa shape index (κ2) is 14.5. The number of Topliss-reactive ketones (excluding diaryl/α,β-unsaturated/α-hetero) is 1. The van der Waals surface area contributed by atoms with Crippen molar-refractivity contribution in [2.24, 2.45) is 5.92 Å². The molecule has 11 heteroatoms. The number of carbonyl (C=O) groups is 4. The minimum Gasteiger partial charge on any atom is -0.495 e. The third-order valence-corrected chi connectivity index (χ3v) is 6.52. The van der Waals surface area contributed by atoms with Crippen molar-refractivity contribution in [1.82, 2.24) is 21.3 Å². The Morgan fingerprint density at radius 1 is 1.00 bits per heavy atom. The van der Waals surface area contributed by atoms with Crippen LogP contribution in [0, 0.1) is 5.92 Å².